The van der Waals surface area contributed by atoms with Crippen molar-refractivity contribution in [1.29, 1.82) is 0 Å². The first-order valence-corrected chi connectivity index (χ1v) is 8.07. The summed E-state index contributed by atoms with van der Waals surface area (Å²) >= 11 is 3.45. The molecular weight excluding hydrogens is 352 g/mol. The Balaban J connectivity index is 1.91. The van der Waals surface area contributed by atoms with Crippen molar-refractivity contribution >= 4 is 22.2 Å². The highest BCUT2D eigenvalue weighted by atomic mass is 79.9. The summed E-state index contributed by atoms with van der Waals surface area (Å²) in [6, 6.07) is 23.5. The van der Waals surface area contributed by atoms with E-state index in [0.29, 0.717) is 12.2 Å². The molecule has 0 bridgehead atoms. The number of rotatable bonds is 5. The first-order valence-electron chi connectivity index (χ1n) is 7.28. The summed E-state index contributed by atoms with van der Waals surface area (Å²) in [5, 5.41) is 0. The quantitative estimate of drug-likeness (QED) is 0.556. The van der Waals surface area contributed by atoms with Gasteiger partial charge in [0.25, 0.3) is 0 Å². The molecule has 0 atom stereocenters. The smallest absolute Gasteiger partial charge is 0.150 e. The van der Waals surface area contributed by atoms with Crippen LogP contribution in [0.2, 0.25) is 0 Å². The fraction of sp³-hybridized carbons (Fsp3) is 0.0500. The van der Waals surface area contributed by atoms with E-state index in [1.807, 2.05) is 66.7 Å². The number of ether oxygens (including phenoxy) is 1. The van der Waals surface area contributed by atoms with Crippen molar-refractivity contribution in [3.8, 4) is 16.9 Å². The molecule has 0 fully saturated rings. The molecule has 0 spiro atoms. The molecule has 0 N–H and O–H groups in total. The van der Waals surface area contributed by atoms with E-state index >= 15 is 0 Å². The Kier molecular flexibility index (Phi) is 4.89. The lowest BCUT2D eigenvalue weighted by Gasteiger charge is -2.12. The molecule has 0 aromatic heterocycles. The van der Waals surface area contributed by atoms with Crippen LogP contribution in [0.3, 0.4) is 0 Å². The van der Waals surface area contributed by atoms with Crippen LogP contribution >= 0.6 is 15.9 Å². The van der Waals surface area contributed by atoms with Crippen LogP contribution < -0.4 is 4.74 Å². The Bertz CT molecular complexity index is 813. The summed E-state index contributed by atoms with van der Waals surface area (Å²) in [5.74, 6) is 0.798. The summed E-state index contributed by atoms with van der Waals surface area (Å²) in [4.78, 5) is 11.1. The number of carbonyl (C=O) groups excluding carboxylic acids is 1. The van der Waals surface area contributed by atoms with Crippen molar-refractivity contribution in [2.45, 2.75) is 6.61 Å². The summed E-state index contributed by atoms with van der Waals surface area (Å²) in [6.07, 6.45) is 0.849. The molecule has 0 saturated heterocycles. The van der Waals surface area contributed by atoms with E-state index in [0.717, 1.165) is 33.2 Å². The second-order valence-electron chi connectivity index (χ2n) is 5.16. The third-order valence-electron chi connectivity index (χ3n) is 3.49. The van der Waals surface area contributed by atoms with E-state index in [2.05, 4.69) is 15.9 Å². The van der Waals surface area contributed by atoms with Crippen molar-refractivity contribution in [2.24, 2.45) is 0 Å². The van der Waals surface area contributed by atoms with Crippen LogP contribution in [0.15, 0.2) is 77.3 Å². The van der Waals surface area contributed by atoms with E-state index in [9.17, 15) is 4.79 Å². The zero-order valence-electron chi connectivity index (χ0n) is 12.4. The van der Waals surface area contributed by atoms with Gasteiger partial charge >= 0.3 is 0 Å². The number of para-hydroxylation sites is 1. The summed E-state index contributed by atoms with van der Waals surface area (Å²) in [7, 11) is 0. The standard InChI is InChI=1S/C20H15BrO2/c21-18-11-16(13-22)10-17(12-18)19-8-4-5-9-20(19)23-14-15-6-2-1-3-7-15/h1-13H,14H2. The molecule has 0 aliphatic carbocycles. The molecule has 0 unspecified atom stereocenters. The monoisotopic (exact) mass is 366 g/mol. The average Bonchev–Trinajstić information content (AvgIpc) is 2.60. The Hall–Kier alpha value is -2.39. The van der Waals surface area contributed by atoms with Gasteiger partial charge in [-0.25, -0.2) is 0 Å². The third-order valence-corrected chi connectivity index (χ3v) is 3.95. The van der Waals surface area contributed by atoms with Gasteiger partial charge in [0.15, 0.2) is 0 Å². The number of benzene rings is 3. The molecule has 0 heterocycles. The van der Waals surface area contributed by atoms with Crippen LogP contribution in [-0.4, -0.2) is 6.29 Å². The van der Waals surface area contributed by atoms with Crippen LogP contribution in [0.25, 0.3) is 11.1 Å². The second kappa shape index (κ2) is 7.25. The van der Waals surface area contributed by atoms with Crippen molar-refractivity contribution < 1.29 is 9.53 Å². The fourth-order valence-electron chi connectivity index (χ4n) is 2.40. The van der Waals surface area contributed by atoms with E-state index in [-0.39, 0.29) is 0 Å². The topological polar surface area (TPSA) is 26.3 Å². The fourth-order valence-corrected chi connectivity index (χ4v) is 2.91. The molecule has 0 aliphatic heterocycles. The molecule has 3 rings (SSSR count). The lowest BCUT2D eigenvalue weighted by Crippen LogP contribution is -1.97. The molecule has 0 radical (unpaired) electrons. The van der Waals surface area contributed by atoms with Crippen LogP contribution in [-0.2, 0) is 6.61 Å². The van der Waals surface area contributed by atoms with E-state index in [4.69, 9.17) is 4.74 Å². The molecule has 0 amide bonds. The molecule has 0 saturated carbocycles. The summed E-state index contributed by atoms with van der Waals surface area (Å²) in [5.41, 5.74) is 3.66. The normalized spacial score (nSPS) is 10.3. The first-order chi connectivity index (χ1) is 11.3. The van der Waals surface area contributed by atoms with Gasteiger partial charge in [-0.3, -0.25) is 4.79 Å². The molecule has 3 aromatic rings. The zero-order chi connectivity index (χ0) is 16.1. The third kappa shape index (κ3) is 3.88. The van der Waals surface area contributed by atoms with Gasteiger partial charge < -0.3 is 4.74 Å². The Morgan fingerprint density at radius 1 is 0.913 bits per heavy atom. The van der Waals surface area contributed by atoms with Crippen molar-refractivity contribution in [1.82, 2.24) is 0 Å². The van der Waals surface area contributed by atoms with E-state index < -0.39 is 0 Å². The Labute approximate surface area is 143 Å². The average molecular weight is 367 g/mol. The lowest BCUT2D eigenvalue weighted by atomic mass is 10.0. The predicted octanol–water partition coefficient (Wildman–Crippen LogP) is 5.51. The second-order valence-corrected chi connectivity index (χ2v) is 6.08. The molecule has 0 aliphatic rings. The highest BCUT2D eigenvalue weighted by molar-refractivity contribution is 9.10. The lowest BCUT2D eigenvalue weighted by molar-refractivity contribution is 0.112. The highest BCUT2D eigenvalue weighted by Crippen LogP contribution is 2.32. The van der Waals surface area contributed by atoms with Gasteiger partial charge in [-0.1, -0.05) is 64.5 Å². The maximum Gasteiger partial charge on any atom is 0.150 e. The zero-order valence-corrected chi connectivity index (χ0v) is 14.0. The van der Waals surface area contributed by atoms with Gasteiger partial charge in [0.05, 0.1) is 0 Å². The van der Waals surface area contributed by atoms with E-state index in [1.54, 1.807) is 6.07 Å². The number of halogens is 1. The molecular formula is C20H15BrO2. The van der Waals surface area contributed by atoms with Crippen molar-refractivity contribution in [2.75, 3.05) is 0 Å². The van der Waals surface area contributed by atoms with Crippen molar-refractivity contribution in [3.05, 3.63) is 88.4 Å². The molecule has 114 valence electrons. The number of carbonyl (C=O) groups is 1. The molecule has 2 nitrogen and oxygen atoms in total. The maximum atomic E-state index is 11.1. The minimum atomic E-state index is 0.506. The maximum absolute atomic E-state index is 11.1. The first kappa shape index (κ1) is 15.5. The number of aldehydes is 1. The summed E-state index contributed by atoms with van der Waals surface area (Å²) < 4.78 is 6.86. The van der Waals surface area contributed by atoms with Gasteiger partial charge in [-0.2, -0.15) is 0 Å². The van der Waals surface area contributed by atoms with Gasteiger partial charge in [0, 0.05) is 15.6 Å². The Morgan fingerprint density at radius 3 is 2.43 bits per heavy atom. The SMILES string of the molecule is O=Cc1cc(Br)cc(-c2ccccc2OCc2ccccc2)c1. The highest BCUT2D eigenvalue weighted by Gasteiger charge is 2.08. The van der Waals surface area contributed by atoms with Crippen LogP contribution in [0, 0.1) is 0 Å². The molecule has 3 aromatic carbocycles. The number of hydrogen-bond donors (Lipinski definition) is 0. The van der Waals surface area contributed by atoms with Crippen LogP contribution in [0.4, 0.5) is 0 Å². The molecule has 23 heavy (non-hydrogen) atoms. The summed E-state index contributed by atoms with van der Waals surface area (Å²) in [6.45, 7) is 0.506. The van der Waals surface area contributed by atoms with Gasteiger partial charge in [0.1, 0.15) is 18.6 Å². The van der Waals surface area contributed by atoms with Crippen molar-refractivity contribution in [3.63, 3.8) is 0 Å². The van der Waals surface area contributed by atoms with E-state index in [1.165, 1.54) is 0 Å². The number of hydrogen-bond acceptors (Lipinski definition) is 2. The largest absolute Gasteiger partial charge is 0.488 e. The minimum absolute atomic E-state index is 0.506. The van der Waals surface area contributed by atoms with Crippen LogP contribution in [0.1, 0.15) is 15.9 Å². The van der Waals surface area contributed by atoms with Crippen LogP contribution in [0.5, 0.6) is 5.75 Å². The predicted molar refractivity (Wildman–Crippen MR) is 95.7 cm³/mol. The Morgan fingerprint density at radius 2 is 1.65 bits per heavy atom. The molecule has 3 heteroatoms. The van der Waals surface area contributed by atoms with Gasteiger partial charge in [-0.15, -0.1) is 0 Å². The van der Waals surface area contributed by atoms with Gasteiger partial charge in [-0.05, 0) is 35.4 Å². The van der Waals surface area contributed by atoms with Gasteiger partial charge in [0.2, 0.25) is 0 Å². The minimum Gasteiger partial charge on any atom is -0.488 e.